The summed E-state index contributed by atoms with van der Waals surface area (Å²) in [5.74, 6) is 0.662. The van der Waals surface area contributed by atoms with Crippen LogP contribution < -0.4 is 16.0 Å². The molecular formula is C20H32ClN5O. The molecule has 6 nitrogen and oxygen atoms in total. The zero-order valence-electron chi connectivity index (χ0n) is 16.4. The predicted molar refractivity (Wildman–Crippen MR) is 113 cm³/mol. The third kappa shape index (κ3) is 7.77. The van der Waals surface area contributed by atoms with E-state index >= 15 is 0 Å². The summed E-state index contributed by atoms with van der Waals surface area (Å²) in [5.41, 5.74) is 0.605. The lowest BCUT2D eigenvalue weighted by atomic mass is 10.0. The van der Waals surface area contributed by atoms with Crippen LogP contribution in [0.15, 0.2) is 29.3 Å². The number of carbonyl (C=O) groups excluding carboxylic acids is 1. The van der Waals surface area contributed by atoms with Gasteiger partial charge >= 0.3 is 0 Å². The Labute approximate surface area is 167 Å². The summed E-state index contributed by atoms with van der Waals surface area (Å²) in [4.78, 5) is 18.8. The van der Waals surface area contributed by atoms with Crippen molar-refractivity contribution in [1.82, 2.24) is 20.9 Å². The van der Waals surface area contributed by atoms with Gasteiger partial charge in [-0.2, -0.15) is 0 Å². The molecule has 150 valence electrons. The van der Waals surface area contributed by atoms with Gasteiger partial charge in [0.1, 0.15) is 0 Å². The standard InChI is InChI=1S/C20H32ClN5O/c1-16-6-3-4-14-26(16)15-5-11-24-20(22-2)25-13-12-23-19(27)17-7-9-18(21)10-8-17/h7-10,16H,3-6,11-15H2,1-2H3,(H,23,27)(H2,22,24,25). The molecule has 0 aromatic heterocycles. The van der Waals surface area contributed by atoms with E-state index in [-0.39, 0.29) is 5.91 Å². The van der Waals surface area contributed by atoms with Crippen LogP contribution in [0.3, 0.4) is 0 Å². The molecule has 1 aliphatic heterocycles. The van der Waals surface area contributed by atoms with E-state index in [1.165, 1.54) is 25.8 Å². The molecule has 0 radical (unpaired) electrons. The molecule has 27 heavy (non-hydrogen) atoms. The average molecular weight is 394 g/mol. The molecule has 1 saturated heterocycles. The number of amides is 1. The fraction of sp³-hybridized carbons (Fsp3) is 0.600. The Kier molecular flexibility index (Phi) is 9.42. The lowest BCUT2D eigenvalue weighted by molar-refractivity contribution is 0.0954. The summed E-state index contributed by atoms with van der Waals surface area (Å²) < 4.78 is 0. The monoisotopic (exact) mass is 393 g/mol. The molecule has 1 aliphatic rings. The zero-order chi connectivity index (χ0) is 19.5. The molecule has 7 heteroatoms. The maximum Gasteiger partial charge on any atom is 0.251 e. The fourth-order valence-corrected chi connectivity index (χ4v) is 3.39. The van der Waals surface area contributed by atoms with Crippen LogP contribution in [0.1, 0.15) is 43.0 Å². The summed E-state index contributed by atoms with van der Waals surface area (Å²) >= 11 is 5.83. The largest absolute Gasteiger partial charge is 0.356 e. The van der Waals surface area contributed by atoms with Crippen LogP contribution in [0.2, 0.25) is 5.02 Å². The predicted octanol–water partition coefficient (Wildman–Crippen LogP) is 2.50. The second-order valence-electron chi connectivity index (χ2n) is 6.92. The SMILES string of the molecule is CN=C(NCCCN1CCCCC1C)NCCNC(=O)c1ccc(Cl)cc1. The molecule has 1 amide bonds. The highest BCUT2D eigenvalue weighted by Crippen LogP contribution is 2.16. The van der Waals surface area contributed by atoms with Crippen molar-refractivity contribution >= 4 is 23.5 Å². The molecule has 1 atom stereocenters. The number of guanidine groups is 1. The summed E-state index contributed by atoms with van der Waals surface area (Å²) in [6, 6.07) is 7.57. The molecule has 0 saturated carbocycles. The van der Waals surface area contributed by atoms with E-state index in [0.717, 1.165) is 25.5 Å². The molecule has 1 fully saturated rings. The first-order valence-corrected chi connectivity index (χ1v) is 10.2. The molecule has 0 aliphatic carbocycles. The van der Waals surface area contributed by atoms with Crippen LogP contribution in [0.25, 0.3) is 0 Å². The van der Waals surface area contributed by atoms with E-state index in [4.69, 9.17) is 11.6 Å². The second kappa shape index (κ2) is 11.8. The highest BCUT2D eigenvalue weighted by molar-refractivity contribution is 6.30. The van der Waals surface area contributed by atoms with E-state index in [0.29, 0.717) is 29.7 Å². The van der Waals surface area contributed by atoms with E-state index in [1.807, 2.05) is 0 Å². The summed E-state index contributed by atoms with van der Waals surface area (Å²) in [7, 11) is 1.76. The van der Waals surface area contributed by atoms with Crippen molar-refractivity contribution < 1.29 is 4.79 Å². The Morgan fingerprint density at radius 3 is 2.56 bits per heavy atom. The normalized spacial score (nSPS) is 18.2. The zero-order valence-corrected chi connectivity index (χ0v) is 17.2. The van der Waals surface area contributed by atoms with Crippen molar-refractivity contribution in [2.24, 2.45) is 4.99 Å². The Bertz CT molecular complexity index is 605. The third-order valence-electron chi connectivity index (χ3n) is 4.89. The summed E-state index contributed by atoms with van der Waals surface area (Å²) in [5, 5.41) is 10.1. The molecule has 1 aromatic carbocycles. The Morgan fingerprint density at radius 2 is 1.85 bits per heavy atom. The van der Waals surface area contributed by atoms with Gasteiger partial charge in [-0.3, -0.25) is 9.79 Å². The fourth-order valence-electron chi connectivity index (χ4n) is 3.26. The Balaban J connectivity index is 1.57. The Morgan fingerprint density at radius 1 is 1.15 bits per heavy atom. The van der Waals surface area contributed by atoms with Gasteiger partial charge in [0.15, 0.2) is 5.96 Å². The molecule has 1 aromatic rings. The van der Waals surface area contributed by atoms with Crippen LogP contribution in [-0.4, -0.2) is 62.6 Å². The average Bonchev–Trinajstić information content (AvgIpc) is 2.68. The number of aliphatic imine (C=N–C) groups is 1. The smallest absolute Gasteiger partial charge is 0.251 e. The van der Waals surface area contributed by atoms with Gasteiger partial charge in [-0.25, -0.2) is 0 Å². The maximum atomic E-state index is 12.0. The van der Waals surface area contributed by atoms with Gasteiger partial charge in [-0.15, -0.1) is 0 Å². The molecule has 1 unspecified atom stereocenters. The number of halogens is 1. The molecule has 1 heterocycles. The van der Waals surface area contributed by atoms with Gasteiger partial charge in [0, 0.05) is 49.9 Å². The quantitative estimate of drug-likeness (QED) is 0.360. The minimum Gasteiger partial charge on any atom is -0.356 e. The highest BCUT2D eigenvalue weighted by Gasteiger charge is 2.17. The first-order valence-electron chi connectivity index (χ1n) is 9.82. The third-order valence-corrected chi connectivity index (χ3v) is 5.14. The van der Waals surface area contributed by atoms with Gasteiger partial charge in [0.05, 0.1) is 0 Å². The van der Waals surface area contributed by atoms with E-state index in [2.05, 4.69) is 32.8 Å². The number of hydrogen-bond acceptors (Lipinski definition) is 3. The molecule has 3 N–H and O–H groups in total. The number of hydrogen-bond donors (Lipinski definition) is 3. The van der Waals surface area contributed by atoms with Crippen molar-refractivity contribution in [3.63, 3.8) is 0 Å². The summed E-state index contributed by atoms with van der Waals surface area (Å²) in [6.07, 6.45) is 5.10. The van der Waals surface area contributed by atoms with Crippen molar-refractivity contribution in [2.45, 2.75) is 38.6 Å². The van der Waals surface area contributed by atoms with Crippen LogP contribution >= 0.6 is 11.6 Å². The van der Waals surface area contributed by atoms with Crippen molar-refractivity contribution in [1.29, 1.82) is 0 Å². The van der Waals surface area contributed by atoms with Gasteiger partial charge in [-0.1, -0.05) is 18.0 Å². The van der Waals surface area contributed by atoms with Crippen LogP contribution in [0, 0.1) is 0 Å². The number of piperidine rings is 1. The number of rotatable bonds is 8. The molecule has 0 bridgehead atoms. The lowest BCUT2D eigenvalue weighted by Gasteiger charge is -2.33. The number of likely N-dealkylation sites (tertiary alicyclic amines) is 1. The molecule has 2 rings (SSSR count). The van der Waals surface area contributed by atoms with E-state index < -0.39 is 0 Å². The minimum absolute atomic E-state index is 0.105. The summed E-state index contributed by atoms with van der Waals surface area (Å²) in [6.45, 7) is 6.70. The van der Waals surface area contributed by atoms with Gasteiger partial charge in [-0.05, 0) is 57.0 Å². The molecular weight excluding hydrogens is 362 g/mol. The van der Waals surface area contributed by atoms with Gasteiger partial charge < -0.3 is 20.9 Å². The highest BCUT2D eigenvalue weighted by atomic mass is 35.5. The van der Waals surface area contributed by atoms with Crippen LogP contribution in [0.5, 0.6) is 0 Å². The van der Waals surface area contributed by atoms with Crippen LogP contribution in [-0.2, 0) is 0 Å². The van der Waals surface area contributed by atoms with Crippen molar-refractivity contribution in [2.75, 3.05) is 39.8 Å². The topological polar surface area (TPSA) is 68.8 Å². The Hall–Kier alpha value is -1.79. The van der Waals surface area contributed by atoms with Gasteiger partial charge in [0.2, 0.25) is 0 Å². The van der Waals surface area contributed by atoms with Crippen molar-refractivity contribution in [3.8, 4) is 0 Å². The van der Waals surface area contributed by atoms with E-state index in [1.54, 1.807) is 31.3 Å². The number of nitrogens with zero attached hydrogens (tertiary/aromatic N) is 2. The first-order chi connectivity index (χ1) is 13.1. The second-order valence-corrected chi connectivity index (χ2v) is 7.36. The maximum absolute atomic E-state index is 12.0. The lowest BCUT2D eigenvalue weighted by Crippen LogP contribution is -2.43. The van der Waals surface area contributed by atoms with Crippen molar-refractivity contribution in [3.05, 3.63) is 34.9 Å². The number of benzene rings is 1. The molecule has 0 spiro atoms. The number of carbonyl (C=O) groups is 1. The first kappa shape index (κ1) is 21.5. The minimum atomic E-state index is -0.105. The van der Waals surface area contributed by atoms with Gasteiger partial charge in [0.25, 0.3) is 5.91 Å². The van der Waals surface area contributed by atoms with Crippen LogP contribution in [0.4, 0.5) is 0 Å². The van der Waals surface area contributed by atoms with E-state index in [9.17, 15) is 4.79 Å². The number of nitrogens with one attached hydrogen (secondary N) is 3.